The minimum atomic E-state index is -3.86. The van der Waals surface area contributed by atoms with Crippen LogP contribution in [0.4, 0.5) is 5.82 Å². The third-order valence-corrected chi connectivity index (χ3v) is 6.05. The van der Waals surface area contributed by atoms with Gasteiger partial charge in [0, 0.05) is 5.69 Å². The fourth-order valence-electron chi connectivity index (χ4n) is 3.25. The van der Waals surface area contributed by atoms with Crippen LogP contribution in [0, 0.1) is 20.8 Å². The molecule has 1 N–H and O–H groups in total. The normalized spacial score (nSPS) is 11.6. The molecule has 31 heavy (non-hydrogen) atoms. The number of sulfonamides is 1. The van der Waals surface area contributed by atoms with Gasteiger partial charge in [0.05, 0.1) is 28.2 Å². The zero-order valence-corrected chi connectivity index (χ0v) is 18.3. The monoisotopic (exact) mass is 437 g/mol. The highest BCUT2D eigenvalue weighted by molar-refractivity contribution is 7.92. The molecule has 0 unspecified atom stereocenters. The zero-order chi connectivity index (χ0) is 22.0. The molecule has 8 nitrogen and oxygen atoms in total. The second-order valence-electron chi connectivity index (χ2n) is 7.29. The second-order valence-corrected chi connectivity index (χ2v) is 8.97. The number of para-hydroxylation sites is 2. The summed E-state index contributed by atoms with van der Waals surface area (Å²) in [5.74, 6) is 0.171. The highest BCUT2D eigenvalue weighted by Crippen LogP contribution is 2.26. The number of rotatable bonds is 7. The van der Waals surface area contributed by atoms with Gasteiger partial charge in [-0.25, -0.2) is 18.4 Å². The SMILES string of the molecule is Cc1cccc(S(=O)(=O)Nc2nc3ccccc3nc2OCCn2nc(C)cc2C)c1. The smallest absolute Gasteiger partial charge is 0.263 e. The Balaban J connectivity index is 1.64. The minimum Gasteiger partial charge on any atom is -0.473 e. The molecule has 0 bridgehead atoms. The van der Waals surface area contributed by atoms with Crippen molar-refractivity contribution in [1.82, 2.24) is 19.7 Å². The quantitative estimate of drug-likeness (QED) is 0.474. The molecule has 0 spiro atoms. The highest BCUT2D eigenvalue weighted by atomic mass is 32.2. The lowest BCUT2D eigenvalue weighted by Gasteiger charge is -2.14. The number of nitrogens with zero attached hydrogens (tertiary/aromatic N) is 4. The lowest BCUT2D eigenvalue weighted by atomic mass is 10.2. The summed E-state index contributed by atoms with van der Waals surface area (Å²) in [5.41, 5.74) is 3.96. The molecular weight excluding hydrogens is 414 g/mol. The van der Waals surface area contributed by atoms with Gasteiger partial charge in [-0.3, -0.25) is 9.40 Å². The maximum Gasteiger partial charge on any atom is 0.263 e. The van der Waals surface area contributed by atoms with Gasteiger partial charge in [0.15, 0.2) is 0 Å². The number of anilines is 1. The molecule has 2 aromatic carbocycles. The van der Waals surface area contributed by atoms with Crippen LogP contribution in [0.5, 0.6) is 5.88 Å². The van der Waals surface area contributed by atoms with E-state index in [2.05, 4.69) is 19.8 Å². The van der Waals surface area contributed by atoms with Crippen LogP contribution in [0.2, 0.25) is 0 Å². The first kappa shape index (κ1) is 20.8. The number of aromatic nitrogens is 4. The standard InChI is InChI=1S/C22H23N5O3S/c1-15-7-6-8-18(13-15)31(28,29)26-21-22(24-20-10-5-4-9-19(20)23-21)30-12-11-27-17(3)14-16(2)25-27/h4-10,13-14H,11-12H2,1-3H3,(H,23,26). The van der Waals surface area contributed by atoms with Crippen LogP contribution in [-0.2, 0) is 16.6 Å². The van der Waals surface area contributed by atoms with Gasteiger partial charge in [-0.15, -0.1) is 0 Å². The second kappa shape index (κ2) is 8.35. The fraction of sp³-hybridized carbons (Fsp3) is 0.227. The van der Waals surface area contributed by atoms with Gasteiger partial charge in [-0.2, -0.15) is 5.10 Å². The molecule has 0 radical (unpaired) electrons. The molecule has 0 saturated carbocycles. The first-order valence-electron chi connectivity index (χ1n) is 9.82. The number of hydrogen-bond donors (Lipinski definition) is 1. The van der Waals surface area contributed by atoms with Crippen molar-refractivity contribution in [2.24, 2.45) is 0 Å². The van der Waals surface area contributed by atoms with Crippen molar-refractivity contribution in [3.63, 3.8) is 0 Å². The molecule has 2 heterocycles. The van der Waals surface area contributed by atoms with E-state index >= 15 is 0 Å². The largest absolute Gasteiger partial charge is 0.473 e. The Labute approximate surface area is 181 Å². The fourth-order valence-corrected chi connectivity index (χ4v) is 4.35. The number of nitrogens with one attached hydrogen (secondary N) is 1. The third kappa shape index (κ3) is 4.66. The van der Waals surface area contributed by atoms with Crippen LogP contribution in [0.25, 0.3) is 11.0 Å². The Bertz CT molecular complexity index is 1350. The molecule has 4 rings (SSSR count). The first-order chi connectivity index (χ1) is 14.8. The first-order valence-corrected chi connectivity index (χ1v) is 11.3. The maximum absolute atomic E-state index is 12.9. The lowest BCUT2D eigenvalue weighted by Crippen LogP contribution is -2.17. The summed E-state index contributed by atoms with van der Waals surface area (Å²) in [4.78, 5) is 9.09. The molecule has 0 aliphatic rings. The average molecular weight is 438 g/mol. The van der Waals surface area contributed by atoms with Crippen molar-refractivity contribution in [3.05, 3.63) is 71.5 Å². The topological polar surface area (TPSA) is 99.0 Å². The molecule has 4 aromatic rings. The number of ether oxygens (including phenoxy) is 1. The average Bonchev–Trinajstić information content (AvgIpc) is 3.05. The van der Waals surface area contributed by atoms with E-state index in [-0.39, 0.29) is 23.2 Å². The van der Waals surface area contributed by atoms with Crippen molar-refractivity contribution in [2.75, 3.05) is 11.3 Å². The van der Waals surface area contributed by atoms with Crippen LogP contribution in [0.15, 0.2) is 59.5 Å². The molecule has 0 saturated heterocycles. The molecule has 9 heteroatoms. The number of aryl methyl sites for hydroxylation is 3. The molecule has 0 aliphatic carbocycles. The number of hydrogen-bond acceptors (Lipinski definition) is 6. The van der Waals surface area contributed by atoms with Gasteiger partial charge in [0.25, 0.3) is 15.9 Å². The van der Waals surface area contributed by atoms with E-state index in [9.17, 15) is 8.42 Å². The Morgan fingerprint density at radius 1 is 0.968 bits per heavy atom. The summed E-state index contributed by atoms with van der Waals surface area (Å²) >= 11 is 0. The zero-order valence-electron chi connectivity index (χ0n) is 17.5. The van der Waals surface area contributed by atoms with E-state index in [1.54, 1.807) is 24.3 Å². The summed E-state index contributed by atoms with van der Waals surface area (Å²) < 4.78 is 36.1. The van der Waals surface area contributed by atoms with Gasteiger partial charge in [-0.1, -0.05) is 24.3 Å². The minimum absolute atomic E-state index is 0.0496. The molecule has 160 valence electrons. The van der Waals surface area contributed by atoms with Crippen LogP contribution in [-0.4, -0.2) is 34.8 Å². The summed E-state index contributed by atoms with van der Waals surface area (Å²) in [6.07, 6.45) is 0. The van der Waals surface area contributed by atoms with Crippen LogP contribution in [0.1, 0.15) is 17.0 Å². The predicted octanol–water partition coefficient (Wildman–Crippen LogP) is 3.63. The summed E-state index contributed by atoms with van der Waals surface area (Å²) in [7, 11) is -3.86. The van der Waals surface area contributed by atoms with E-state index in [1.807, 2.05) is 49.7 Å². The Morgan fingerprint density at radius 3 is 2.39 bits per heavy atom. The van der Waals surface area contributed by atoms with Crippen molar-refractivity contribution in [2.45, 2.75) is 32.2 Å². The molecular formula is C22H23N5O3S. The highest BCUT2D eigenvalue weighted by Gasteiger charge is 2.20. The van der Waals surface area contributed by atoms with E-state index in [0.29, 0.717) is 17.6 Å². The molecule has 2 aromatic heterocycles. The lowest BCUT2D eigenvalue weighted by molar-refractivity contribution is 0.281. The summed E-state index contributed by atoms with van der Waals surface area (Å²) in [6, 6.07) is 15.9. The van der Waals surface area contributed by atoms with Gasteiger partial charge in [-0.05, 0) is 56.7 Å². The number of fused-ring (bicyclic) bond motifs is 1. The van der Waals surface area contributed by atoms with Crippen molar-refractivity contribution >= 4 is 26.9 Å². The van der Waals surface area contributed by atoms with Crippen LogP contribution in [0.3, 0.4) is 0 Å². The van der Waals surface area contributed by atoms with Crippen molar-refractivity contribution < 1.29 is 13.2 Å². The van der Waals surface area contributed by atoms with Crippen LogP contribution >= 0.6 is 0 Å². The third-order valence-electron chi connectivity index (χ3n) is 4.71. The summed E-state index contributed by atoms with van der Waals surface area (Å²) in [5, 5.41) is 4.41. The van der Waals surface area contributed by atoms with E-state index < -0.39 is 10.0 Å². The van der Waals surface area contributed by atoms with Gasteiger partial charge in [0.2, 0.25) is 5.82 Å². The van der Waals surface area contributed by atoms with Gasteiger partial charge < -0.3 is 4.74 Å². The molecule has 0 atom stereocenters. The van der Waals surface area contributed by atoms with Gasteiger partial charge >= 0.3 is 0 Å². The van der Waals surface area contributed by atoms with E-state index in [0.717, 1.165) is 17.0 Å². The van der Waals surface area contributed by atoms with Crippen molar-refractivity contribution in [3.8, 4) is 5.88 Å². The molecule has 0 amide bonds. The molecule has 0 fully saturated rings. The van der Waals surface area contributed by atoms with Crippen molar-refractivity contribution in [1.29, 1.82) is 0 Å². The Hall–Kier alpha value is -3.46. The Kier molecular flexibility index (Phi) is 5.60. The number of benzene rings is 2. The summed E-state index contributed by atoms with van der Waals surface area (Å²) in [6.45, 7) is 6.49. The molecule has 0 aliphatic heterocycles. The Morgan fingerprint density at radius 2 is 1.71 bits per heavy atom. The van der Waals surface area contributed by atoms with E-state index in [1.165, 1.54) is 6.07 Å². The maximum atomic E-state index is 12.9. The van der Waals surface area contributed by atoms with Gasteiger partial charge in [0.1, 0.15) is 6.61 Å². The van der Waals surface area contributed by atoms with E-state index in [4.69, 9.17) is 4.74 Å². The van der Waals surface area contributed by atoms with Crippen LogP contribution < -0.4 is 9.46 Å². The predicted molar refractivity (Wildman–Crippen MR) is 119 cm³/mol.